The van der Waals surface area contributed by atoms with E-state index in [4.69, 9.17) is 4.98 Å². The molecule has 2 aromatic carbocycles. The SMILES string of the molecule is CC(C)Cc1csc2cc3sc4c(-c5cc(C(C)(C)C)c6sccc6c5)nccc4c3cc12. The van der Waals surface area contributed by atoms with Crippen LogP contribution in [0.1, 0.15) is 45.7 Å². The zero-order chi connectivity index (χ0) is 22.9. The van der Waals surface area contributed by atoms with Crippen molar-refractivity contribution in [3.63, 3.8) is 0 Å². The number of hydrogen-bond acceptors (Lipinski definition) is 4. The van der Waals surface area contributed by atoms with Gasteiger partial charge >= 0.3 is 0 Å². The Morgan fingerprint density at radius 2 is 1.73 bits per heavy atom. The molecule has 0 bridgehead atoms. The van der Waals surface area contributed by atoms with Crippen LogP contribution in [0.5, 0.6) is 0 Å². The van der Waals surface area contributed by atoms with Crippen LogP contribution in [0, 0.1) is 5.92 Å². The summed E-state index contributed by atoms with van der Waals surface area (Å²) >= 11 is 5.61. The summed E-state index contributed by atoms with van der Waals surface area (Å²) in [6.07, 6.45) is 3.13. The van der Waals surface area contributed by atoms with E-state index in [2.05, 4.69) is 81.8 Å². The Morgan fingerprint density at radius 1 is 0.879 bits per heavy atom. The van der Waals surface area contributed by atoms with Gasteiger partial charge in [-0.25, -0.2) is 0 Å². The minimum Gasteiger partial charge on any atom is -0.255 e. The van der Waals surface area contributed by atoms with E-state index in [9.17, 15) is 0 Å². The first-order valence-electron chi connectivity index (χ1n) is 11.5. The smallest absolute Gasteiger partial charge is 0.0880 e. The Labute approximate surface area is 206 Å². The number of aromatic nitrogens is 1. The number of rotatable bonds is 3. The van der Waals surface area contributed by atoms with Gasteiger partial charge in [0.25, 0.3) is 0 Å². The minimum absolute atomic E-state index is 0.0876. The van der Waals surface area contributed by atoms with Gasteiger partial charge in [0.1, 0.15) is 0 Å². The van der Waals surface area contributed by atoms with Gasteiger partial charge in [-0.3, -0.25) is 4.98 Å². The molecule has 33 heavy (non-hydrogen) atoms. The summed E-state index contributed by atoms with van der Waals surface area (Å²) in [5, 5.41) is 10.00. The highest BCUT2D eigenvalue weighted by Crippen LogP contribution is 2.44. The molecule has 0 saturated carbocycles. The first kappa shape index (κ1) is 21.3. The summed E-state index contributed by atoms with van der Waals surface area (Å²) in [7, 11) is 0. The van der Waals surface area contributed by atoms with Crippen molar-refractivity contribution in [1.29, 1.82) is 0 Å². The number of hydrogen-bond donors (Lipinski definition) is 0. The van der Waals surface area contributed by atoms with Gasteiger partial charge in [-0.05, 0) is 86.8 Å². The molecule has 0 fully saturated rings. The number of pyridine rings is 1. The van der Waals surface area contributed by atoms with Crippen molar-refractivity contribution in [1.82, 2.24) is 4.98 Å². The van der Waals surface area contributed by atoms with Gasteiger partial charge in [0.15, 0.2) is 0 Å². The quantitative estimate of drug-likeness (QED) is 0.243. The van der Waals surface area contributed by atoms with Gasteiger partial charge in [-0.15, -0.1) is 34.0 Å². The Kier molecular flexibility index (Phi) is 4.92. The van der Waals surface area contributed by atoms with Crippen LogP contribution < -0.4 is 0 Å². The Morgan fingerprint density at radius 3 is 2.52 bits per heavy atom. The van der Waals surface area contributed by atoms with Crippen molar-refractivity contribution in [2.45, 2.75) is 46.5 Å². The van der Waals surface area contributed by atoms with E-state index in [-0.39, 0.29) is 5.41 Å². The molecule has 166 valence electrons. The monoisotopic (exact) mass is 485 g/mol. The first-order valence-corrected chi connectivity index (χ1v) is 14.1. The van der Waals surface area contributed by atoms with E-state index in [1.807, 2.05) is 40.2 Å². The van der Waals surface area contributed by atoms with Gasteiger partial charge in [0.05, 0.1) is 10.4 Å². The lowest BCUT2D eigenvalue weighted by molar-refractivity contribution is 0.597. The summed E-state index contributed by atoms with van der Waals surface area (Å²) in [4.78, 5) is 4.92. The van der Waals surface area contributed by atoms with Gasteiger partial charge in [-0.2, -0.15) is 0 Å². The predicted molar refractivity (Wildman–Crippen MR) is 151 cm³/mol. The highest BCUT2D eigenvalue weighted by Gasteiger charge is 2.21. The molecular weight excluding hydrogens is 459 g/mol. The molecule has 1 nitrogen and oxygen atoms in total. The Bertz CT molecular complexity index is 1650. The molecule has 0 N–H and O–H groups in total. The molecular formula is C29H27NS3. The lowest BCUT2D eigenvalue weighted by Gasteiger charge is -2.21. The molecule has 4 heterocycles. The molecule has 0 aliphatic carbocycles. The molecule has 0 aliphatic rings. The van der Waals surface area contributed by atoms with Gasteiger partial charge in [0, 0.05) is 36.6 Å². The number of fused-ring (bicyclic) bond motifs is 5. The normalized spacial score (nSPS) is 12.8. The summed E-state index contributed by atoms with van der Waals surface area (Å²) in [6.45, 7) is 11.5. The Balaban J connectivity index is 1.61. The van der Waals surface area contributed by atoms with Crippen LogP contribution in [0.4, 0.5) is 0 Å². The molecule has 0 spiro atoms. The second-order valence-electron chi connectivity index (χ2n) is 10.5. The van der Waals surface area contributed by atoms with Crippen molar-refractivity contribution in [3.8, 4) is 11.3 Å². The molecule has 0 unspecified atom stereocenters. The van der Waals surface area contributed by atoms with Crippen LogP contribution in [-0.4, -0.2) is 4.98 Å². The summed E-state index contributed by atoms with van der Waals surface area (Å²) in [5.74, 6) is 0.664. The van der Waals surface area contributed by atoms with Crippen LogP contribution in [-0.2, 0) is 11.8 Å². The zero-order valence-corrected chi connectivity index (χ0v) is 22.1. The van der Waals surface area contributed by atoms with Gasteiger partial charge in [-0.1, -0.05) is 34.6 Å². The van der Waals surface area contributed by atoms with Crippen LogP contribution in [0.2, 0.25) is 0 Å². The van der Waals surface area contributed by atoms with Crippen LogP contribution in [0.15, 0.2) is 53.4 Å². The largest absolute Gasteiger partial charge is 0.255 e. The fourth-order valence-electron chi connectivity index (χ4n) is 4.86. The maximum Gasteiger partial charge on any atom is 0.0880 e. The predicted octanol–water partition coefficient (Wildman–Crippen LogP) is 10.0. The maximum atomic E-state index is 4.92. The molecule has 0 aliphatic heterocycles. The fourth-order valence-corrected chi connectivity index (χ4v) is 8.26. The average molecular weight is 486 g/mol. The molecule has 6 aromatic rings. The first-order chi connectivity index (χ1) is 15.8. The average Bonchev–Trinajstić information content (AvgIpc) is 3.47. The van der Waals surface area contributed by atoms with Crippen molar-refractivity contribution >= 4 is 74.4 Å². The highest BCUT2D eigenvalue weighted by molar-refractivity contribution is 7.26. The topological polar surface area (TPSA) is 12.9 Å². The standard InChI is InChI=1S/C29H27NS3/c1-16(2)10-19-15-32-24-14-25-22(13-21(19)24)20-6-8-30-26(28(20)33-25)18-11-17-7-9-31-27(17)23(12-18)29(3,4)5/h6-9,11-16H,10H2,1-5H3. The highest BCUT2D eigenvalue weighted by atomic mass is 32.1. The van der Waals surface area contributed by atoms with Crippen molar-refractivity contribution < 1.29 is 0 Å². The van der Waals surface area contributed by atoms with Crippen LogP contribution in [0.25, 0.3) is 51.6 Å². The van der Waals surface area contributed by atoms with Crippen LogP contribution in [0.3, 0.4) is 0 Å². The zero-order valence-electron chi connectivity index (χ0n) is 19.7. The molecule has 0 radical (unpaired) electrons. The molecule has 6 rings (SSSR count). The summed E-state index contributed by atoms with van der Waals surface area (Å²) in [5.41, 5.74) is 5.31. The van der Waals surface area contributed by atoms with Crippen molar-refractivity contribution in [3.05, 3.63) is 64.5 Å². The lowest BCUT2D eigenvalue weighted by Crippen LogP contribution is -2.11. The summed E-state index contributed by atoms with van der Waals surface area (Å²) in [6, 6.07) is 14.0. The third-order valence-electron chi connectivity index (χ3n) is 6.42. The third-order valence-corrected chi connectivity index (χ3v) is 9.56. The van der Waals surface area contributed by atoms with E-state index < -0.39 is 0 Å². The molecule has 4 aromatic heterocycles. The van der Waals surface area contributed by atoms with E-state index in [1.54, 1.807) is 0 Å². The van der Waals surface area contributed by atoms with E-state index in [0.717, 1.165) is 12.1 Å². The van der Waals surface area contributed by atoms with E-state index in [0.29, 0.717) is 5.92 Å². The molecule has 0 amide bonds. The number of thiophene rings is 3. The second-order valence-corrected chi connectivity index (χ2v) is 13.3. The Hall–Kier alpha value is -2.27. The fraction of sp³-hybridized carbons (Fsp3) is 0.276. The van der Waals surface area contributed by atoms with Gasteiger partial charge < -0.3 is 0 Å². The van der Waals surface area contributed by atoms with Gasteiger partial charge in [0.2, 0.25) is 0 Å². The lowest BCUT2D eigenvalue weighted by atomic mass is 9.85. The maximum absolute atomic E-state index is 4.92. The second kappa shape index (κ2) is 7.63. The third kappa shape index (κ3) is 3.51. The minimum atomic E-state index is 0.0876. The van der Waals surface area contributed by atoms with Crippen molar-refractivity contribution in [2.24, 2.45) is 5.92 Å². The molecule has 0 atom stereocenters. The van der Waals surface area contributed by atoms with E-state index in [1.165, 1.54) is 57.0 Å². The summed E-state index contributed by atoms with van der Waals surface area (Å²) < 4.78 is 5.45. The van der Waals surface area contributed by atoms with Crippen LogP contribution >= 0.6 is 34.0 Å². The molecule has 4 heteroatoms. The van der Waals surface area contributed by atoms with E-state index >= 15 is 0 Å². The molecule has 0 saturated heterocycles. The van der Waals surface area contributed by atoms with Crippen molar-refractivity contribution in [2.75, 3.05) is 0 Å². The number of benzene rings is 2. The number of nitrogens with zero attached hydrogens (tertiary/aromatic N) is 1.